The van der Waals surface area contributed by atoms with Crippen molar-refractivity contribution in [3.63, 3.8) is 0 Å². The molecule has 0 radical (unpaired) electrons. The summed E-state index contributed by atoms with van der Waals surface area (Å²) < 4.78 is 42.5. The molecule has 3 rings (SSSR count). The van der Waals surface area contributed by atoms with Gasteiger partial charge in [-0.2, -0.15) is 23.5 Å². The first kappa shape index (κ1) is 23.5. The van der Waals surface area contributed by atoms with Crippen LogP contribution in [0.2, 0.25) is 0 Å². The molecule has 0 spiro atoms. The highest BCUT2D eigenvalue weighted by molar-refractivity contribution is 6.04. The van der Waals surface area contributed by atoms with Gasteiger partial charge in [-0.25, -0.2) is 0 Å². The Labute approximate surface area is 186 Å². The van der Waals surface area contributed by atoms with Crippen molar-refractivity contribution in [2.24, 2.45) is 0 Å². The number of H-pyrrole nitrogens is 1. The van der Waals surface area contributed by atoms with Gasteiger partial charge in [-0.1, -0.05) is 24.3 Å². The topological polar surface area (TPSA) is 108 Å². The molecule has 0 aliphatic heterocycles. The van der Waals surface area contributed by atoms with E-state index in [0.29, 0.717) is 5.69 Å². The normalized spacial score (nSPS) is 11.5. The molecule has 1 heterocycles. The summed E-state index contributed by atoms with van der Waals surface area (Å²) in [5.41, 5.74) is -0.871. The molecule has 0 fully saturated rings. The highest BCUT2D eigenvalue weighted by Crippen LogP contribution is 2.28. The monoisotopic (exact) mass is 456 g/mol. The van der Waals surface area contributed by atoms with E-state index >= 15 is 0 Å². The quantitative estimate of drug-likeness (QED) is 0.571. The molecule has 0 unspecified atom stereocenters. The van der Waals surface area contributed by atoms with Gasteiger partial charge in [0.05, 0.1) is 11.5 Å². The number of carbonyl (C=O) groups is 1. The van der Waals surface area contributed by atoms with E-state index in [9.17, 15) is 28.0 Å². The van der Waals surface area contributed by atoms with Crippen LogP contribution in [0.4, 0.5) is 18.9 Å². The van der Waals surface area contributed by atoms with Crippen molar-refractivity contribution in [1.29, 1.82) is 5.26 Å². The number of para-hydroxylation sites is 1. The number of nitrogens with zero attached hydrogens (tertiary/aromatic N) is 2. The number of nitrogens with one attached hydrogen (secondary N) is 2. The molecule has 2 N–H and O–H groups in total. The van der Waals surface area contributed by atoms with Gasteiger partial charge in [-0.05, 0) is 43.7 Å². The van der Waals surface area contributed by atoms with E-state index in [-0.39, 0.29) is 22.6 Å². The Hall–Kier alpha value is -4.13. The lowest BCUT2D eigenvalue weighted by Crippen LogP contribution is -2.24. The summed E-state index contributed by atoms with van der Waals surface area (Å²) in [7, 11) is 0. The van der Waals surface area contributed by atoms with Crippen LogP contribution in [-0.2, 0) is 5.41 Å². The predicted octanol–water partition coefficient (Wildman–Crippen LogP) is 4.43. The average molecular weight is 456 g/mol. The summed E-state index contributed by atoms with van der Waals surface area (Å²) in [5.74, 6) is -0.929. The zero-order valence-corrected chi connectivity index (χ0v) is 17.7. The molecule has 0 aliphatic rings. The predicted molar refractivity (Wildman–Crippen MR) is 115 cm³/mol. The van der Waals surface area contributed by atoms with Crippen LogP contribution in [0.25, 0.3) is 11.3 Å². The SMILES string of the molecule is CC(C)(C#N)c1ccc(NC(=O)c2c[nH]nc(-c3ccccc3OCC(F)(F)F)c2=O)cc1. The third kappa shape index (κ3) is 5.57. The van der Waals surface area contributed by atoms with Crippen molar-refractivity contribution < 1.29 is 22.7 Å². The summed E-state index contributed by atoms with van der Waals surface area (Å²) in [5, 5.41) is 18.1. The molecule has 0 saturated carbocycles. The Kier molecular flexibility index (Phi) is 6.53. The minimum absolute atomic E-state index is 0.0146. The van der Waals surface area contributed by atoms with Gasteiger partial charge in [0.15, 0.2) is 6.61 Å². The van der Waals surface area contributed by atoms with Crippen molar-refractivity contribution in [2.75, 3.05) is 11.9 Å². The smallest absolute Gasteiger partial charge is 0.422 e. The first-order valence-corrected chi connectivity index (χ1v) is 9.72. The first-order chi connectivity index (χ1) is 15.5. The minimum atomic E-state index is -4.56. The van der Waals surface area contributed by atoms with Crippen LogP contribution in [0.5, 0.6) is 5.75 Å². The zero-order valence-electron chi connectivity index (χ0n) is 17.7. The first-order valence-electron chi connectivity index (χ1n) is 9.72. The van der Waals surface area contributed by atoms with E-state index < -0.39 is 29.5 Å². The molecule has 33 heavy (non-hydrogen) atoms. The Morgan fingerprint density at radius 2 is 1.82 bits per heavy atom. The second kappa shape index (κ2) is 9.16. The van der Waals surface area contributed by atoms with Crippen molar-refractivity contribution in [2.45, 2.75) is 25.4 Å². The van der Waals surface area contributed by atoms with Crippen LogP contribution in [0, 0.1) is 11.3 Å². The summed E-state index contributed by atoms with van der Waals surface area (Å²) in [6, 6.07) is 14.4. The van der Waals surface area contributed by atoms with Gasteiger partial charge >= 0.3 is 6.18 Å². The molecular weight excluding hydrogens is 437 g/mol. The minimum Gasteiger partial charge on any atom is -0.483 e. The number of aromatic nitrogens is 2. The molecule has 170 valence electrons. The van der Waals surface area contributed by atoms with E-state index in [2.05, 4.69) is 21.6 Å². The highest BCUT2D eigenvalue weighted by atomic mass is 19.4. The second-order valence-electron chi connectivity index (χ2n) is 7.64. The zero-order chi connectivity index (χ0) is 24.2. The largest absolute Gasteiger partial charge is 0.483 e. The van der Waals surface area contributed by atoms with Crippen LogP contribution in [0.1, 0.15) is 29.8 Å². The third-order valence-corrected chi connectivity index (χ3v) is 4.77. The number of anilines is 1. The van der Waals surface area contributed by atoms with Crippen LogP contribution in [0.3, 0.4) is 0 Å². The van der Waals surface area contributed by atoms with E-state index in [4.69, 9.17) is 4.74 Å². The number of hydrogen-bond acceptors (Lipinski definition) is 5. The number of carbonyl (C=O) groups excluding carboxylic acids is 1. The van der Waals surface area contributed by atoms with Crippen molar-refractivity contribution in [3.05, 3.63) is 76.1 Å². The fourth-order valence-electron chi connectivity index (χ4n) is 2.94. The van der Waals surface area contributed by atoms with Gasteiger partial charge in [0.25, 0.3) is 5.91 Å². The lowest BCUT2D eigenvalue weighted by molar-refractivity contribution is -0.153. The van der Waals surface area contributed by atoms with Crippen molar-refractivity contribution in [1.82, 2.24) is 10.2 Å². The van der Waals surface area contributed by atoms with Crippen molar-refractivity contribution >= 4 is 11.6 Å². The summed E-state index contributed by atoms with van der Waals surface area (Å²) in [6.07, 6.45) is -3.46. The Morgan fingerprint density at radius 1 is 1.15 bits per heavy atom. The summed E-state index contributed by atoms with van der Waals surface area (Å²) in [4.78, 5) is 25.6. The van der Waals surface area contributed by atoms with Gasteiger partial charge in [-0.3, -0.25) is 14.7 Å². The number of aromatic amines is 1. The molecular formula is C23H19F3N4O3. The Morgan fingerprint density at radius 3 is 2.45 bits per heavy atom. The van der Waals surface area contributed by atoms with Crippen LogP contribution >= 0.6 is 0 Å². The van der Waals surface area contributed by atoms with Crippen LogP contribution in [0.15, 0.2) is 59.5 Å². The van der Waals surface area contributed by atoms with E-state index in [1.54, 1.807) is 38.1 Å². The fraction of sp³-hybridized carbons (Fsp3) is 0.217. The highest BCUT2D eigenvalue weighted by Gasteiger charge is 2.29. The van der Waals surface area contributed by atoms with Crippen LogP contribution in [-0.4, -0.2) is 28.9 Å². The number of amides is 1. The molecule has 2 aromatic carbocycles. The maximum atomic E-state index is 12.9. The number of rotatable bonds is 6. The molecule has 10 heteroatoms. The summed E-state index contributed by atoms with van der Waals surface area (Å²) >= 11 is 0. The second-order valence-corrected chi connectivity index (χ2v) is 7.64. The van der Waals surface area contributed by atoms with E-state index in [0.717, 1.165) is 11.8 Å². The third-order valence-electron chi connectivity index (χ3n) is 4.77. The lowest BCUT2D eigenvalue weighted by Gasteiger charge is -2.16. The molecule has 0 aliphatic carbocycles. The number of nitriles is 1. The molecule has 1 aromatic heterocycles. The maximum Gasteiger partial charge on any atom is 0.422 e. The number of hydrogen-bond donors (Lipinski definition) is 2. The molecule has 0 saturated heterocycles. The standard InChI is InChI=1S/C23H19F3N4O3/c1-22(2,12-27)14-7-9-15(10-8-14)29-21(32)17-11-28-30-19(20(17)31)16-5-3-4-6-18(16)33-13-23(24,25)26/h3-11H,13H2,1-2H3,(H,28,31)(H,29,32). The van der Waals surface area contributed by atoms with Gasteiger partial charge in [0.2, 0.25) is 5.43 Å². The lowest BCUT2D eigenvalue weighted by atomic mass is 9.86. The number of benzene rings is 2. The number of ether oxygens (including phenoxy) is 1. The van der Waals surface area contributed by atoms with Crippen LogP contribution < -0.4 is 15.5 Å². The van der Waals surface area contributed by atoms with E-state index in [1.165, 1.54) is 24.3 Å². The molecule has 0 bridgehead atoms. The van der Waals surface area contributed by atoms with Gasteiger partial charge < -0.3 is 10.1 Å². The van der Waals surface area contributed by atoms with Gasteiger partial charge in [-0.15, -0.1) is 0 Å². The van der Waals surface area contributed by atoms with Gasteiger partial charge in [0.1, 0.15) is 17.0 Å². The van der Waals surface area contributed by atoms with Gasteiger partial charge in [0, 0.05) is 17.4 Å². The number of alkyl halides is 3. The average Bonchev–Trinajstić information content (AvgIpc) is 2.78. The maximum absolute atomic E-state index is 12.9. The number of halogens is 3. The molecule has 0 atom stereocenters. The van der Waals surface area contributed by atoms with Crippen molar-refractivity contribution in [3.8, 4) is 23.1 Å². The fourth-order valence-corrected chi connectivity index (χ4v) is 2.94. The Balaban J connectivity index is 1.88. The summed E-state index contributed by atoms with van der Waals surface area (Å²) in [6.45, 7) is 1.98. The molecule has 1 amide bonds. The molecule has 7 nitrogen and oxygen atoms in total. The van der Waals surface area contributed by atoms with E-state index in [1.807, 2.05) is 0 Å². The Bertz CT molecular complexity index is 1260. The molecule has 3 aromatic rings.